The minimum Gasteiger partial charge on any atom is -0.381 e. The van der Waals surface area contributed by atoms with Gasteiger partial charge in [-0.25, -0.2) is 0 Å². The molecule has 4 rings (SSSR count). The van der Waals surface area contributed by atoms with E-state index in [9.17, 15) is 0 Å². The van der Waals surface area contributed by atoms with E-state index in [2.05, 4.69) is 22.0 Å². The molecular formula is C22H40N4O. The number of hydrogen-bond donors (Lipinski definition) is 1. The number of nitrogens with one attached hydrogen (secondary N) is 1. The van der Waals surface area contributed by atoms with E-state index >= 15 is 0 Å². The molecule has 0 aromatic rings. The predicted molar refractivity (Wildman–Crippen MR) is 111 cm³/mol. The van der Waals surface area contributed by atoms with Gasteiger partial charge in [0, 0.05) is 38.4 Å². The summed E-state index contributed by atoms with van der Waals surface area (Å²) in [7, 11) is 0. The first-order valence-corrected chi connectivity index (χ1v) is 11.6. The van der Waals surface area contributed by atoms with Crippen LogP contribution in [-0.2, 0) is 4.74 Å². The topological polar surface area (TPSA) is 40.1 Å². The summed E-state index contributed by atoms with van der Waals surface area (Å²) in [6.45, 7) is 10.8. The van der Waals surface area contributed by atoms with Crippen LogP contribution in [0.2, 0.25) is 0 Å². The first kappa shape index (κ1) is 19.5. The molecule has 3 saturated heterocycles. The van der Waals surface area contributed by atoms with Crippen LogP contribution in [0.4, 0.5) is 0 Å². The molecular weight excluding hydrogens is 336 g/mol. The molecule has 3 aliphatic heterocycles. The Morgan fingerprint density at radius 3 is 2.37 bits per heavy atom. The second kappa shape index (κ2) is 8.69. The molecule has 27 heavy (non-hydrogen) atoms. The molecule has 0 amide bonds. The molecule has 1 spiro atoms. The smallest absolute Gasteiger partial charge is 0.193 e. The molecule has 5 heteroatoms. The van der Waals surface area contributed by atoms with Crippen LogP contribution in [-0.4, -0.2) is 73.8 Å². The van der Waals surface area contributed by atoms with Gasteiger partial charge in [-0.05, 0) is 70.4 Å². The summed E-state index contributed by atoms with van der Waals surface area (Å²) in [6.07, 6.45) is 13.5. The fourth-order valence-electron chi connectivity index (χ4n) is 5.99. The zero-order valence-corrected chi connectivity index (χ0v) is 17.5. The van der Waals surface area contributed by atoms with Gasteiger partial charge in [0.1, 0.15) is 0 Å². The molecule has 0 bridgehead atoms. The van der Waals surface area contributed by atoms with E-state index in [1.807, 2.05) is 0 Å². The highest BCUT2D eigenvalue weighted by atomic mass is 16.5. The lowest BCUT2D eigenvalue weighted by molar-refractivity contribution is -0.0139. The monoisotopic (exact) mass is 376 g/mol. The van der Waals surface area contributed by atoms with E-state index < -0.39 is 0 Å². The molecule has 1 aliphatic carbocycles. The van der Waals surface area contributed by atoms with E-state index in [0.29, 0.717) is 5.41 Å². The maximum absolute atomic E-state index is 5.71. The molecule has 0 aromatic carbocycles. The Bertz CT molecular complexity index is 502. The molecule has 4 fully saturated rings. The molecule has 3 heterocycles. The minimum atomic E-state index is 0.234. The zero-order valence-electron chi connectivity index (χ0n) is 17.5. The Morgan fingerprint density at radius 1 is 0.926 bits per heavy atom. The first-order valence-electron chi connectivity index (χ1n) is 11.6. The van der Waals surface area contributed by atoms with Gasteiger partial charge in [0.15, 0.2) is 5.96 Å². The minimum absolute atomic E-state index is 0.234. The third kappa shape index (κ3) is 4.29. The van der Waals surface area contributed by atoms with Crippen LogP contribution in [0.3, 0.4) is 0 Å². The van der Waals surface area contributed by atoms with E-state index in [1.54, 1.807) is 0 Å². The predicted octanol–water partition coefficient (Wildman–Crippen LogP) is 3.25. The lowest BCUT2D eigenvalue weighted by atomic mass is 9.73. The second-order valence-corrected chi connectivity index (χ2v) is 9.43. The Balaban J connectivity index is 1.46. The van der Waals surface area contributed by atoms with Crippen LogP contribution < -0.4 is 5.32 Å². The molecule has 0 atom stereocenters. The number of hydrogen-bond acceptors (Lipinski definition) is 3. The van der Waals surface area contributed by atoms with E-state index in [4.69, 9.17) is 9.73 Å². The number of likely N-dealkylation sites (tertiary alicyclic amines) is 2. The molecule has 5 nitrogen and oxygen atoms in total. The first-order chi connectivity index (χ1) is 13.3. The van der Waals surface area contributed by atoms with Gasteiger partial charge in [-0.1, -0.05) is 19.3 Å². The summed E-state index contributed by atoms with van der Waals surface area (Å²) in [4.78, 5) is 10.6. The zero-order chi connectivity index (χ0) is 18.6. The summed E-state index contributed by atoms with van der Waals surface area (Å²) in [6, 6.07) is 0. The van der Waals surface area contributed by atoms with Gasteiger partial charge in [-0.15, -0.1) is 0 Å². The van der Waals surface area contributed by atoms with Crippen LogP contribution in [0.1, 0.15) is 71.1 Å². The lowest BCUT2D eigenvalue weighted by Gasteiger charge is -2.44. The van der Waals surface area contributed by atoms with Crippen molar-refractivity contribution in [2.24, 2.45) is 10.4 Å². The summed E-state index contributed by atoms with van der Waals surface area (Å²) in [5.74, 6) is 1.17. The molecule has 4 aliphatic rings. The van der Waals surface area contributed by atoms with E-state index in [0.717, 1.165) is 39.1 Å². The average Bonchev–Trinajstić information content (AvgIpc) is 3.38. The summed E-state index contributed by atoms with van der Waals surface area (Å²) in [5.41, 5.74) is 0.817. The highest BCUT2D eigenvalue weighted by molar-refractivity contribution is 5.80. The lowest BCUT2D eigenvalue weighted by Crippen LogP contribution is -2.54. The molecule has 0 unspecified atom stereocenters. The van der Waals surface area contributed by atoms with Crippen LogP contribution in [0, 0.1) is 5.41 Å². The second-order valence-electron chi connectivity index (χ2n) is 9.43. The highest BCUT2D eigenvalue weighted by Gasteiger charge is 2.42. The van der Waals surface area contributed by atoms with Gasteiger partial charge in [0.05, 0.1) is 6.54 Å². The van der Waals surface area contributed by atoms with Gasteiger partial charge in [-0.2, -0.15) is 0 Å². The van der Waals surface area contributed by atoms with Crippen molar-refractivity contribution in [1.29, 1.82) is 0 Å². The summed E-state index contributed by atoms with van der Waals surface area (Å²) < 4.78 is 5.71. The van der Waals surface area contributed by atoms with Crippen molar-refractivity contribution >= 4 is 5.96 Å². The van der Waals surface area contributed by atoms with Gasteiger partial charge in [-0.3, -0.25) is 9.89 Å². The van der Waals surface area contributed by atoms with Crippen LogP contribution in [0.5, 0.6) is 0 Å². The molecule has 0 aromatic heterocycles. The van der Waals surface area contributed by atoms with Crippen LogP contribution >= 0.6 is 0 Å². The standard InChI is InChI=1S/C22H40N4O/c1-2-23-20(25-15-10-21(19-25)8-4-3-5-9-21)24-18-22(11-16-27-17-12-22)26-13-6-7-14-26/h2-19H2,1H3,(H,23,24). The number of nitrogens with zero attached hydrogens (tertiary/aromatic N) is 3. The molecule has 1 saturated carbocycles. The fourth-order valence-corrected chi connectivity index (χ4v) is 5.99. The van der Waals surface area contributed by atoms with Gasteiger partial charge >= 0.3 is 0 Å². The van der Waals surface area contributed by atoms with Crippen molar-refractivity contribution in [3.05, 3.63) is 0 Å². The summed E-state index contributed by atoms with van der Waals surface area (Å²) >= 11 is 0. The van der Waals surface area contributed by atoms with Crippen LogP contribution in [0.25, 0.3) is 0 Å². The summed E-state index contributed by atoms with van der Waals surface area (Å²) in [5, 5.41) is 3.62. The van der Waals surface area contributed by atoms with Crippen molar-refractivity contribution in [2.75, 3.05) is 52.5 Å². The fraction of sp³-hybridized carbons (Fsp3) is 0.955. The Hall–Kier alpha value is -0.810. The van der Waals surface area contributed by atoms with Gasteiger partial charge < -0.3 is 15.0 Å². The van der Waals surface area contributed by atoms with Crippen molar-refractivity contribution in [1.82, 2.24) is 15.1 Å². The SMILES string of the molecule is CCNC(=NCC1(N2CCCC2)CCOCC1)N1CCC2(CCCCC2)C1. The average molecular weight is 377 g/mol. The van der Waals surface area contributed by atoms with Crippen molar-refractivity contribution in [3.63, 3.8) is 0 Å². The van der Waals surface area contributed by atoms with Crippen molar-refractivity contribution in [2.45, 2.75) is 76.7 Å². The van der Waals surface area contributed by atoms with Crippen molar-refractivity contribution < 1.29 is 4.74 Å². The van der Waals surface area contributed by atoms with Crippen LogP contribution in [0.15, 0.2) is 4.99 Å². The maximum atomic E-state index is 5.71. The molecule has 1 N–H and O–H groups in total. The molecule has 0 radical (unpaired) electrons. The largest absolute Gasteiger partial charge is 0.381 e. The number of aliphatic imine (C=N–C) groups is 1. The van der Waals surface area contributed by atoms with E-state index in [1.165, 1.54) is 83.5 Å². The van der Waals surface area contributed by atoms with E-state index in [-0.39, 0.29) is 5.54 Å². The number of guanidine groups is 1. The Morgan fingerprint density at radius 2 is 1.67 bits per heavy atom. The Labute approximate surface area is 165 Å². The maximum Gasteiger partial charge on any atom is 0.193 e. The van der Waals surface area contributed by atoms with Crippen molar-refractivity contribution in [3.8, 4) is 0 Å². The third-order valence-corrected chi connectivity index (χ3v) is 7.71. The quantitative estimate of drug-likeness (QED) is 0.604. The normalized spacial score (nSPS) is 28.8. The van der Waals surface area contributed by atoms with Gasteiger partial charge in [0.25, 0.3) is 0 Å². The third-order valence-electron chi connectivity index (χ3n) is 7.71. The van der Waals surface area contributed by atoms with Gasteiger partial charge in [0.2, 0.25) is 0 Å². The highest BCUT2D eigenvalue weighted by Crippen LogP contribution is 2.43. The Kier molecular flexibility index (Phi) is 6.28. The number of rotatable bonds is 4. The number of ether oxygens (including phenoxy) is 1. The molecule has 154 valence electrons.